The molecule has 1 heterocycles. The SMILES string of the molecule is CCCCCC(C)(C)CNC(=O)N1C(C)SCC1C(=O)O. The number of carbonyl (C=O) groups is 2. The van der Waals surface area contributed by atoms with Gasteiger partial charge in [-0.15, -0.1) is 11.8 Å². The summed E-state index contributed by atoms with van der Waals surface area (Å²) in [6.07, 6.45) is 4.62. The number of amides is 2. The molecule has 0 radical (unpaired) electrons. The van der Waals surface area contributed by atoms with Gasteiger partial charge in [-0.05, 0) is 18.8 Å². The molecule has 2 unspecified atom stereocenters. The number of nitrogens with zero attached hydrogens (tertiary/aromatic N) is 1. The van der Waals surface area contributed by atoms with E-state index in [9.17, 15) is 14.7 Å². The zero-order chi connectivity index (χ0) is 16.0. The maximum Gasteiger partial charge on any atom is 0.327 e. The van der Waals surface area contributed by atoms with Crippen molar-refractivity contribution in [1.82, 2.24) is 10.2 Å². The summed E-state index contributed by atoms with van der Waals surface area (Å²) in [7, 11) is 0. The van der Waals surface area contributed by atoms with Crippen LogP contribution < -0.4 is 5.32 Å². The van der Waals surface area contributed by atoms with E-state index >= 15 is 0 Å². The van der Waals surface area contributed by atoms with Gasteiger partial charge in [-0.2, -0.15) is 0 Å². The number of carboxylic acids is 1. The van der Waals surface area contributed by atoms with Crippen LogP contribution in [0.25, 0.3) is 0 Å². The van der Waals surface area contributed by atoms with E-state index in [-0.39, 0.29) is 16.8 Å². The highest BCUT2D eigenvalue weighted by Crippen LogP contribution is 2.29. The lowest BCUT2D eigenvalue weighted by Crippen LogP contribution is -2.51. The summed E-state index contributed by atoms with van der Waals surface area (Å²) in [4.78, 5) is 24.9. The number of hydrogen-bond donors (Lipinski definition) is 2. The predicted molar refractivity (Wildman–Crippen MR) is 86.5 cm³/mol. The van der Waals surface area contributed by atoms with Gasteiger partial charge in [-0.1, -0.05) is 40.0 Å². The van der Waals surface area contributed by atoms with Crippen molar-refractivity contribution in [3.05, 3.63) is 0 Å². The zero-order valence-corrected chi connectivity index (χ0v) is 14.3. The Balaban J connectivity index is 2.50. The summed E-state index contributed by atoms with van der Waals surface area (Å²) < 4.78 is 0. The number of rotatable bonds is 7. The topological polar surface area (TPSA) is 69.6 Å². The lowest BCUT2D eigenvalue weighted by molar-refractivity contribution is -0.141. The van der Waals surface area contributed by atoms with Crippen LogP contribution in [0, 0.1) is 5.41 Å². The Hall–Kier alpha value is -0.910. The molecule has 1 saturated heterocycles. The summed E-state index contributed by atoms with van der Waals surface area (Å²) in [5, 5.41) is 12.0. The van der Waals surface area contributed by atoms with Crippen molar-refractivity contribution < 1.29 is 14.7 Å². The van der Waals surface area contributed by atoms with Crippen LogP contribution in [-0.4, -0.2) is 45.7 Å². The second kappa shape index (κ2) is 7.92. The van der Waals surface area contributed by atoms with Gasteiger partial charge in [0.2, 0.25) is 0 Å². The molecule has 0 aliphatic carbocycles. The minimum Gasteiger partial charge on any atom is -0.480 e. The first kappa shape index (κ1) is 18.1. The maximum absolute atomic E-state index is 12.3. The average molecular weight is 316 g/mol. The second-order valence-electron chi connectivity index (χ2n) is 6.47. The molecule has 5 nitrogen and oxygen atoms in total. The molecule has 0 saturated carbocycles. The molecule has 0 spiro atoms. The highest BCUT2D eigenvalue weighted by molar-refractivity contribution is 8.00. The Labute approximate surface area is 131 Å². The predicted octanol–water partition coefficient (Wildman–Crippen LogP) is 3.15. The number of urea groups is 1. The molecule has 6 heteroatoms. The quantitative estimate of drug-likeness (QED) is 0.708. The lowest BCUT2D eigenvalue weighted by Gasteiger charge is -2.29. The van der Waals surface area contributed by atoms with E-state index in [1.54, 1.807) is 0 Å². The van der Waals surface area contributed by atoms with Gasteiger partial charge in [-0.25, -0.2) is 9.59 Å². The van der Waals surface area contributed by atoms with Crippen molar-refractivity contribution in [3.63, 3.8) is 0 Å². The molecule has 0 aromatic heterocycles. The second-order valence-corrected chi connectivity index (χ2v) is 7.82. The molecule has 21 heavy (non-hydrogen) atoms. The van der Waals surface area contributed by atoms with Crippen LogP contribution in [0.4, 0.5) is 4.79 Å². The molecule has 0 bridgehead atoms. The largest absolute Gasteiger partial charge is 0.480 e. The number of aliphatic carboxylic acids is 1. The Morgan fingerprint density at radius 2 is 2.05 bits per heavy atom. The number of thioether (sulfide) groups is 1. The van der Waals surface area contributed by atoms with Gasteiger partial charge in [0.1, 0.15) is 6.04 Å². The summed E-state index contributed by atoms with van der Waals surface area (Å²) in [6, 6.07) is -0.975. The maximum atomic E-state index is 12.3. The van der Waals surface area contributed by atoms with Crippen LogP contribution in [0.3, 0.4) is 0 Å². The van der Waals surface area contributed by atoms with Crippen LogP contribution in [-0.2, 0) is 4.79 Å². The van der Waals surface area contributed by atoms with Crippen molar-refractivity contribution in [2.75, 3.05) is 12.3 Å². The molecule has 1 rings (SSSR count). The van der Waals surface area contributed by atoms with Crippen molar-refractivity contribution >= 4 is 23.8 Å². The summed E-state index contributed by atoms with van der Waals surface area (Å²) in [5.74, 6) is -0.465. The summed E-state index contributed by atoms with van der Waals surface area (Å²) in [5.41, 5.74) is 0.0413. The van der Waals surface area contributed by atoms with Gasteiger partial charge in [-0.3, -0.25) is 4.90 Å². The van der Waals surface area contributed by atoms with Crippen molar-refractivity contribution in [2.45, 2.75) is 64.8 Å². The highest BCUT2D eigenvalue weighted by Gasteiger charge is 2.39. The van der Waals surface area contributed by atoms with Gasteiger partial charge in [0.05, 0.1) is 5.37 Å². The van der Waals surface area contributed by atoms with E-state index < -0.39 is 12.0 Å². The van der Waals surface area contributed by atoms with Gasteiger partial charge >= 0.3 is 12.0 Å². The van der Waals surface area contributed by atoms with E-state index in [1.807, 2.05) is 6.92 Å². The third-order valence-corrected chi connectivity index (χ3v) is 5.14. The number of carboxylic acid groups (broad SMARTS) is 1. The van der Waals surface area contributed by atoms with Gasteiger partial charge in [0.15, 0.2) is 0 Å². The first-order chi connectivity index (χ1) is 9.78. The molecular formula is C15H28N2O3S. The van der Waals surface area contributed by atoms with Crippen LogP contribution in [0.2, 0.25) is 0 Å². The first-order valence-electron chi connectivity index (χ1n) is 7.69. The smallest absolute Gasteiger partial charge is 0.327 e. The fourth-order valence-electron chi connectivity index (χ4n) is 2.49. The number of carbonyl (C=O) groups excluding carboxylic acids is 1. The Morgan fingerprint density at radius 3 is 2.62 bits per heavy atom. The zero-order valence-electron chi connectivity index (χ0n) is 13.5. The highest BCUT2D eigenvalue weighted by atomic mass is 32.2. The Bertz CT molecular complexity index is 374. The molecule has 1 aliphatic heterocycles. The molecule has 0 aromatic carbocycles. The normalized spacial score (nSPS) is 22.4. The standard InChI is InChI=1S/C15H28N2O3S/c1-5-6-7-8-15(3,4)10-16-14(20)17-11(2)21-9-12(17)13(18)19/h11-12H,5-10H2,1-4H3,(H,16,20)(H,18,19). The minimum atomic E-state index is -0.927. The minimum absolute atomic E-state index is 0.0413. The van der Waals surface area contributed by atoms with Gasteiger partial charge in [0, 0.05) is 12.3 Å². The number of nitrogens with one attached hydrogen (secondary N) is 1. The van der Waals surface area contributed by atoms with Crippen LogP contribution in [0.1, 0.15) is 53.4 Å². The summed E-state index contributed by atoms with van der Waals surface area (Å²) >= 11 is 1.50. The summed E-state index contributed by atoms with van der Waals surface area (Å²) in [6.45, 7) is 8.90. The molecule has 2 amide bonds. The molecular weight excluding hydrogens is 288 g/mol. The van der Waals surface area contributed by atoms with E-state index in [1.165, 1.54) is 29.5 Å². The third kappa shape index (κ3) is 5.41. The third-order valence-electron chi connectivity index (χ3n) is 3.92. The molecule has 122 valence electrons. The molecule has 0 aromatic rings. The molecule has 2 N–H and O–H groups in total. The Morgan fingerprint density at radius 1 is 1.38 bits per heavy atom. The number of hydrogen-bond acceptors (Lipinski definition) is 3. The van der Waals surface area contributed by atoms with Gasteiger partial charge in [0.25, 0.3) is 0 Å². The molecule has 1 aliphatic rings. The molecule has 1 fully saturated rings. The molecule has 2 atom stereocenters. The van der Waals surface area contributed by atoms with E-state index in [0.29, 0.717) is 12.3 Å². The van der Waals surface area contributed by atoms with Crippen LogP contribution in [0.5, 0.6) is 0 Å². The van der Waals surface area contributed by atoms with Crippen molar-refractivity contribution in [1.29, 1.82) is 0 Å². The van der Waals surface area contributed by atoms with E-state index in [4.69, 9.17) is 0 Å². The lowest BCUT2D eigenvalue weighted by atomic mass is 9.87. The van der Waals surface area contributed by atoms with E-state index in [0.717, 1.165) is 12.8 Å². The van der Waals surface area contributed by atoms with Crippen molar-refractivity contribution in [3.8, 4) is 0 Å². The fraction of sp³-hybridized carbons (Fsp3) is 0.867. The van der Waals surface area contributed by atoms with Crippen molar-refractivity contribution in [2.24, 2.45) is 5.41 Å². The van der Waals surface area contributed by atoms with E-state index in [2.05, 4.69) is 26.1 Å². The average Bonchev–Trinajstić information content (AvgIpc) is 2.78. The number of unbranched alkanes of at least 4 members (excludes halogenated alkanes) is 2. The Kier molecular flexibility index (Phi) is 6.84. The fourth-order valence-corrected chi connectivity index (χ4v) is 3.66. The first-order valence-corrected chi connectivity index (χ1v) is 8.74. The van der Waals surface area contributed by atoms with Crippen LogP contribution >= 0.6 is 11.8 Å². The van der Waals surface area contributed by atoms with Crippen LogP contribution in [0.15, 0.2) is 0 Å². The van der Waals surface area contributed by atoms with Gasteiger partial charge < -0.3 is 10.4 Å². The monoisotopic (exact) mass is 316 g/mol.